The number of carbonyl (C=O) groups is 2. The predicted molar refractivity (Wildman–Crippen MR) is 94.5 cm³/mol. The molecule has 0 heterocycles. The summed E-state index contributed by atoms with van der Waals surface area (Å²) >= 11 is 0. The van der Waals surface area contributed by atoms with Gasteiger partial charge >= 0.3 is 5.97 Å². The van der Waals surface area contributed by atoms with Crippen molar-refractivity contribution in [3.8, 4) is 11.5 Å². The normalized spacial score (nSPS) is 10.2. The van der Waals surface area contributed by atoms with Crippen molar-refractivity contribution in [1.82, 2.24) is 0 Å². The molecule has 0 atom stereocenters. The van der Waals surface area contributed by atoms with Crippen molar-refractivity contribution in [2.75, 3.05) is 19.5 Å². The third-order valence-corrected chi connectivity index (χ3v) is 3.74. The number of rotatable bonds is 8. The highest BCUT2D eigenvalue weighted by Crippen LogP contribution is 2.26. The number of methoxy groups -OCH3 is 2. The standard InChI is InChI=1S/C19H21NO5/c1-24-16-10-9-13(17(12-16)25-2)5-4-8-18(21)20-15-7-3-6-14(11-15)19(22)23/h3,6-7,9-12H,4-5,8H2,1-2H3,(H,20,21)(H,22,23). The number of ether oxygens (including phenoxy) is 2. The van der Waals surface area contributed by atoms with Crippen LogP contribution in [0.5, 0.6) is 11.5 Å². The highest BCUT2D eigenvalue weighted by molar-refractivity contribution is 5.93. The zero-order valence-electron chi connectivity index (χ0n) is 14.2. The number of aryl methyl sites for hydroxylation is 1. The van der Waals surface area contributed by atoms with Crippen molar-refractivity contribution in [3.05, 3.63) is 53.6 Å². The maximum atomic E-state index is 12.0. The van der Waals surface area contributed by atoms with E-state index in [1.54, 1.807) is 26.4 Å². The van der Waals surface area contributed by atoms with Gasteiger partial charge in [-0.25, -0.2) is 4.79 Å². The summed E-state index contributed by atoms with van der Waals surface area (Å²) in [5.41, 5.74) is 1.62. The van der Waals surface area contributed by atoms with Gasteiger partial charge < -0.3 is 19.9 Å². The molecule has 0 spiro atoms. The van der Waals surface area contributed by atoms with Gasteiger partial charge in [-0.3, -0.25) is 4.79 Å². The molecule has 1 amide bonds. The van der Waals surface area contributed by atoms with Crippen LogP contribution in [-0.2, 0) is 11.2 Å². The molecule has 2 aromatic rings. The van der Waals surface area contributed by atoms with Crippen molar-refractivity contribution in [2.24, 2.45) is 0 Å². The van der Waals surface area contributed by atoms with E-state index in [0.29, 0.717) is 24.9 Å². The van der Waals surface area contributed by atoms with E-state index in [4.69, 9.17) is 14.6 Å². The van der Waals surface area contributed by atoms with Crippen LogP contribution in [-0.4, -0.2) is 31.2 Å². The number of aromatic carboxylic acids is 1. The van der Waals surface area contributed by atoms with E-state index < -0.39 is 5.97 Å². The Labute approximate surface area is 146 Å². The molecule has 6 heteroatoms. The average Bonchev–Trinajstić information content (AvgIpc) is 2.62. The summed E-state index contributed by atoms with van der Waals surface area (Å²) in [4.78, 5) is 23.0. The second-order valence-electron chi connectivity index (χ2n) is 5.47. The average molecular weight is 343 g/mol. The van der Waals surface area contributed by atoms with Gasteiger partial charge in [-0.2, -0.15) is 0 Å². The Bertz CT molecular complexity index is 757. The molecule has 2 N–H and O–H groups in total. The van der Waals surface area contributed by atoms with Crippen LogP contribution < -0.4 is 14.8 Å². The first kappa shape index (κ1) is 18.3. The molecule has 0 aromatic heterocycles. The third-order valence-electron chi connectivity index (χ3n) is 3.74. The molecule has 132 valence electrons. The summed E-state index contributed by atoms with van der Waals surface area (Å²) in [5.74, 6) is 0.267. The Morgan fingerprint density at radius 2 is 1.88 bits per heavy atom. The zero-order chi connectivity index (χ0) is 18.2. The third kappa shape index (κ3) is 5.24. The lowest BCUT2D eigenvalue weighted by atomic mass is 10.1. The summed E-state index contributed by atoms with van der Waals surface area (Å²) in [6, 6.07) is 11.8. The fraction of sp³-hybridized carbons (Fsp3) is 0.263. The first-order valence-electron chi connectivity index (χ1n) is 7.87. The van der Waals surface area contributed by atoms with Crippen LogP contribution in [0.25, 0.3) is 0 Å². The smallest absolute Gasteiger partial charge is 0.335 e. The van der Waals surface area contributed by atoms with E-state index in [9.17, 15) is 9.59 Å². The first-order chi connectivity index (χ1) is 12.0. The van der Waals surface area contributed by atoms with Crippen LogP contribution in [0.4, 0.5) is 5.69 Å². The minimum Gasteiger partial charge on any atom is -0.497 e. The molecule has 0 aliphatic carbocycles. The second-order valence-corrected chi connectivity index (χ2v) is 5.47. The lowest BCUT2D eigenvalue weighted by Gasteiger charge is -2.10. The van der Waals surface area contributed by atoms with Crippen LogP contribution in [0.3, 0.4) is 0 Å². The highest BCUT2D eigenvalue weighted by Gasteiger charge is 2.09. The molecule has 0 radical (unpaired) electrons. The summed E-state index contributed by atoms with van der Waals surface area (Å²) in [7, 11) is 3.19. The van der Waals surface area contributed by atoms with E-state index >= 15 is 0 Å². The molecule has 0 bridgehead atoms. The van der Waals surface area contributed by atoms with Crippen LogP contribution in [0.2, 0.25) is 0 Å². The number of hydrogen-bond acceptors (Lipinski definition) is 4. The van der Waals surface area contributed by atoms with Gasteiger partial charge in [0.15, 0.2) is 0 Å². The number of hydrogen-bond donors (Lipinski definition) is 2. The van der Waals surface area contributed by atoms with E-state index in [1.807, 2.05) is 18.2 Å². The van der Waals surface area contributed by atoms with Crippen molar-refractivity contribution >= 4 is 17.6 Å². The number of carboxylic acids is 1. The quantitative estimate of drug-likeness (QED) is 0.768. The summed E-state index contributed by atoms with van der Waals surface area (Å²) in [6.07, 6.45) is 1.66. The number of nitrogens with one attached hydrogen (secondary N) is 1. The Kier molecular flexibility index (Phi) is 6.39. The van der Waals surface area contributed by atoms with Gasteiger partial charge in [0, 0.05) is 18.2 Å². The van der Waals surface area contributed by atoms with Gasteiger partial charge in [0.1, 0.15) is 11.5 Å². The maximum Gasteiger partial charge on any atom is 0.335 e. The van der Waals surface area contributed by atoms with Crippen LogP contribution in [0.1, 0.15) is 28.8 Å². The predicted octanol–water partition coefficient (Wildman–Crippen LogP) is 3.36. The number of amides is 1. The Morgan fingerprint density at radius 1 is 1.08 bits per heavy atom. The summed E-state index contributed by atoms with van der Waals surface area (Å²) in [5, 5.41) is 11.7. The number of benzene rings is 2. The lowest BCUT2D eigenvalue weighted by Crippen LogP contribution is -2.12. The number of anilines is 1. The fourth-order valence-corrected chi connectivity index (χ4v) is 2.45. The van der Waals surface area contributed by atoms with Gasteiger partial charge in [0.05, 0.1) is 19.8 Å². The van der Waals surface area contributed by atoms with Gasteiger partial charge in [-0.1, -0.05) is 12.1 Å². The molecule has 25 heavy (non-hydrogen) atoms. The van der Waals surface area contributed by atoms with E-state index in [0.717, 1.165) is 17.1 Å². The molecule has 6 nitrogen and oxygen atoms in total. The maximum absolute atomic E-state index is 12.0. The first-order valence-corrected chi connectivity index (χ1v) is 7.87. The second kappa shape index (κ2) is 8.73. The Hall–Kier alpha value is -3.02. The lowest BCUT2D eigenvalue weighted by molar-refractivity contribution is -0.116. The number of carboxylic acid groups (broad SMARTS) is 1. The molecule has 2 rings (SSSR count). The van der Waals surface area contributed by atoms with Gasteiger partial charge in [-0.15, -0.1) is 0 Å². The highest BCUT2D eigenvalue weighted by atomic mass is 16.5. The zero-order valence-corrected chi connectivity index (χ0v) is 14.2. The van der Waals surface area contributed by atoms with Crippen molar-refractivity contribution < 1.29 is 24.2 Å². The van der Waals surface area contributed by atoms with E-state index in [-0.39, 0.29) is 11.5 Å². The minimum absolute atomic E-state index is 0.140. The minimum atomic E-state index is -1.03. The Morgan fingerprint density at radius 3 is 2.56 bits per heavy atom. The summed E-state index contributed by atoms with van der Waals surface area (Å²) in [6.45, 7) is 0. The molecule has 0 aliphatic heterocycles. The van der Waals surface area contributed by atoms with Crippen molar-refractivity contribution in [1.29, 1.82) is 0 Å². The number of carbonyl (C=O) groups excluding carboxylic acids is 1. The Balaban J connectivity index is 1.88. The van der Waals surface area contributed by atoms with Gasteiger partial charge in [0.2, 0.25) is 5.91 Å². The van der Waals surface area contributed by atoms with Crippen molar-refractivity contribution in [2.45, 2.75) is 19.3 Å². The van der Waals surface area contributed by atoms with Gasteiger partial charge in [0.25, 0.3) is 0 Å². The molecule has 0 saturated carbocycles. The molecular formula is C19H21NO5. The van der Waals surface area contributed by atoms with Gasteiger partial charge in [-0.05, 0) is 42.7 Å². The molecular weight excluding hydrogens is 322 g/mol. The van der Waals surface area contributed by atoms with E-state index in [2.05, 4.69) is 5.32 Å². The fourth-order valence-electron chi connectivity index (χ4n) is 2.45. The SMILES string of the molecule is COc1ccc(CCCC(=O)Nc2cccc(C(=O)O)c2)c(OC)c1. The van der Waals surface area contributed by atoms with Crippen LogP contribution in [0, 0.1) is 0 Å². The topological polar surface area (TPSA) is 84.9 Å². The van der Waals surface area contributed by atoms with Crippen LogP contribution >= 0.6 is 0 Å². The molecule has 0 saturated heterocycles. The molecule has 2 aromatic carbocycles. The largest absolute Gasteiger partial charge is 0.497 e. The monoisotopic (exact) mass is 343 g/mol. The summed E-state index contributed by atoms with van der Waals surface area (Å²) < 4.78 is 10.5. The molecule has 0 fully saturated rings. The molecule has 0 aliphatic rings. The van der Waals surface area contributed by atoms with Crippen molar-refractivity contribution in [3.63, 3.8) is 0 Å². The van der Waals surface area contributed by atoms with Crippen LogP contribution in [0.15, 0.2) is 42.5 Å². The molecule has 0 unspecified atom stereocenters. The van der Waals surface area contributed by atoms with E-state index in [1.165, 1.54) is 12.1 Å².